The maximum Gasteiger partial charge on any atom is 0.411 e. The number of carbonyl (C=O) groups excluding carboxylic acids is 1. The standard InChI is InChI=1S/C20H30N4O4/c1-8-13-16-20(7,28-19(5,6)26-16)15(11-10-23-12(9-21)14(11)22)24(13)17(25)27-18(2,3)4/h10,13,15-16,23H,8,22H2,1-7H3/t13-,15+,16-,20+/m1/s1. The van der Waals surface area contributed by atoms with E-state index in [0.717, 1.165) is 0 Å². The van der Waals surface area contributed by atoms with Crippen molar-refractivity contribution in [3.05, 3.63) is 17.5 Å². The maximum absolute atomic E-state index is 13.2. The van der Waals surface area contributed by atoms with Gasteiger partial charge in [-0.15, -0.1) is 0 Å². The van der Waals surface area contributed by atoms with Crippen LogP contribution in [0.2, 0.25) is 0 Å². The minimum absolute atomic E-state index is 0.258. The Balaban J connectivity index is 2.15. The summed E-state index contributed by atoms with van der Waals surface area (Å²) in [4.78, 5) is 17.8. The number of nitrogen functional groups attached to an aromatic ring is 1. The molecule has 0 unspecified atom stereocenters. The second-order valence-electron chi connectivity index (χ2n) is 9.13. The third kappa shape index (κ3) is 3.12. The normalized spacial score (nSPS) is 31.5. The number of aromatic amines is 1. The molecule has 2 saturated heterocycles. The van der Waals surface area contributed by atoms with Gasteiger partial charge in [0, 0.05) is 11.8 Å². The molecule has 0 saturated carbocycles. The third-order valence-electron chi connectivity index (χ3n) is 5.35. The van der Waals surface area contributed by atoms with Gasteiger partial charge < -0.3 is 24.9 Å². The first-order valence-corrected chi connectivity index (χ1v) is 9.60. The molecule has 3 heterocycles. The van der Waals surface area contributed by atoms with Crippen molar-refractivity contribution in [3.63, 3.8) is 0 Å². The van der Waals surface area contributed by atoms with Gasteiger partial charge in [0.2, 0.25) is 0 Å². The Labute approximate surface area is 165 Å². The first-order valence-electron chi connectivity index (χ1n) is 9.60. The summed E-state index contributed by atoms with van der Waals surface area (Å²) in [6.07, 6.45) is 1.52. The van der Waals surface area contributed by atoms with Crippen molar-refractivity contribution in [1.29, 1.82) is 5.26 Å². The lowest BCUT2D eigenvalue weighted by atomic mass is 9.88. The molecule has 3 rings (SSSR count). The number of ether oxygens (including phenoxy) is 3. The molecule has 2 aliphatic rings. The molecule has 0 radical (unpaired) electrons. The van der Waals surface area contributed by atoms with Crippen LogP contribution in [0.5, 0.6) is 0 Å². The summed E-state index contributed by atoms with van der Waals surface area (Å²) in [5, 5.41) is 9.31. The van der Waals surface area contributed by atoms with Gasteiger partial charge in [-0.1, -0.05) is 6.92 Å². The molecule has 1 aromatic rings. The van der Waals surface area contributed by atoms with E-state index in [1.807, 2.05) is 54.5 Å². The number of hydrogen-bond donors (Lipinski definition) is 2. The molecular formula is C20H30N4O4. The number of amides is 1. The number of nitrogens with zero attached hydrogens (tertiary/aromatic N) is 2. The first kappa shape index (κ1) is 20.5. The molecule has 0 spiro atoms. The lowest BCUT2D eigenvalue weighted by molar-refractivity contribution is -0.182. The fraction of sp³-hybridized carbons (Fsp3) is 0.700. The van der Waals surface area contributed by atoms with Crippen LogP contribution in [0.25, 0.3) is 0 Å². The summed E-state index contributed by atoms with van der Waals surface area (Å²) >= 11 is 0. The number of anilines is 1. The van der Waals surface area contributed by atoms with E-state index in [-0.39, 0.29) is 17.8 Å². The zero-order valence-corrected chi connectivity index (χ0v) is 17.6. The highest BCUT2D eigenvalue weighted by Crippen LogP contribution is 2.56. The molecule has 0 aliphatic carbocycles. The van der Waals surface area contributed by atoms with Crippen molar-refractivity contribution < 1.29 is 19.0 Å². The largest absolute Gasteiger partial charge is 0.444 e. The van der Waals surface area contributed by atoms with Crippen molar-refractivity contribution in [1.82, 2.24) is 9.88 Å². The smallest absolute Gasteiger partial charge is 0.411 e. The van der Waals surface area contributed by atoms with E-state index >= 15 is 0 Å². The number of likely N-dealkylation sites (tertiary alicyclic amines) is 1. The topological polar surface area (TPSA) is 114 Å². The lowest BCUT2D eigenvalue weighted by Gasteiger charge is -2.37. The molecule has 0 aromatic carbocycles. The molecule has 1 amide bonds. The quantitative estimate of drug-likeness (QED) is 0.799. The summed E-state index contributed by atoms with van der Waals surface area (Å²) in [6, 6.07) is 1.23. The predicted octanol–water partition coefficient (Wildman–Crippen LogP) is 3.45. The van der Waals surface area contributed by atoms with E-state index < -0.39 is 29.1 Å². The van der Waals surface area contributed by atoms with Crippen molar-refractivity contribution in [2.45, 2.75) is 90.1 Å². The molecule has 154 valence electrons. The summed E-state index contributed by atoms with van der Waals surface area (Å²) in [5.41, 5.74) is 5.96. The molecule has 1 aromatic heterocycles. The Morgan fingerprint density at radius 3 is 2.57 bits per heavy atom. The number of carbonyl (C=O) groups is 1. The van der Waals surface area contributed by atoms with Gasteiger partial charge in [-0.25, -0.2) is 4.79 Å². The number of rotatable bonds is 2. The Kier molecular flexibility index (Phi) is 4.68. The number of nitriles is 1. The second kappa shape index (κ2) is 6.39. The Hall–Kier alpha value is -2.24. The summed E-state index contributed by atoms with van der Waals surface area (Å²) in [6.45, 7) is 13.1. The van der Waals surface area contributed by atoms with Gasteiger partial charge in [0.05, 0.1) is 17.8 Å². The number of hydrogen-bond acceptors (Lipinski definition) is 6. The van der Waals surface area contributed by atoms with Crippen LogP contribution >= 0.6 is 0 Å². The van der Waals surface area contributed by atoms with Crippen LogP contribution in [0, 0.1) is 11.3 Å². The van der Waals surface area contributed by atoms with Crippen molar-refractivity contribution in [2.75, 3.05) is 5.73 Å². The highest BCUT2D eigenvalue weighted by atomic mass is 16.8. The van der Waals surface area contributed by atoms with Crippen LogP contribution < -0.4 is 5.73 Å². The number of nitrogens with one attached hydrogen (secondary N) is 1. The average Bonchev–Trinajstić information content (AvgIpc) is 3.09. The third-order valence-corrected chi connectivity index (χ3v) is 5.35. The fourth-order valence-electron chi connectivity index (χ4n) is 4.51. The Morgan fingerprint density at radius 1 is 1.43 bits per heavy atom. The van der Waals surface area contributed by atoms with Crippen LogP contribution in [-0.4, -0.2) is 45.1 Å². The number of H-pyrrole nitrogens is 1. The highest BCUT2D eigenvalue weighted by Gasteiger charge is 2.67. The van der Waals surface area contributed by atoms with Crippen molar-refractivity contribution in [3.8, 4) is 6.07 Å². The van der Waals surface area contributed by atoms with Crippen LogP contribution in [0.15, 0.2) is 6.20 Å². The zero-order chi connectivity index (χ0) is 21.1. The number of aromatic nitrogens is 1. The monoisotopic (exact) mass is 390 g/mol. The van der Waals surface area contributed by atoms with E-state index in [1.165, 1.54) is 0 Å². The Morgan fingerprint density at radius 2 is 2.07 bits per heavy atom. The van der Waals surface area contributed by atoms with Gasteiger partial charge in [-0.2, -0.15) is 5.26 Å². The maximum atomic E-state index is 13.2. The van der Waals surface area contributed by atoms with Crippen LogP contribution in [0.1, 0.15) is 72.2 Å². The fourth-order valence-corrected chi connectivity index (χ4v) is 4.51. The molecule has 8 nitrogen and oxygen atoms in total. The number of nitrogens with two attached hydrogens (primary N) is 1. The van der Waals surface area contributed by atoms with Gasteiger partial charge in [0.1, 0.15) is 29.1 Å². The van der Waals surface area contributed by atoms with Gasteiger partial charge >= 0.3 is 6.09 Å². The molecular weight excluding hydrogens is 360 g/mol. The summed E-state index contributed by atoms with van der Waals surface area (Å²) in [7, 11) is 0. The molecule has 8 heteroatoms. The molecule has 2 fully saturated rings. The SMILES string of the molecule is CC[C@@H]1[C@H]2OC(C)(C)O[C@@]2(C)[C@H](c2c[nH]c(C#N)c2N)N1C(=O)OC(C)(C)C. The molecule has 0 bridgehead atoms. The zero-order valence-electron chi connectivity index (χ0n) is 17.6. The molecule has 4 atom stereocenters. The van der Waals surface area contributed by atoms with Crippen LogP contribution in [0.3, 0.4) is 0 Å². The average molecular weight is 390 g/mol. The van der Waals surface area contributed by atoms with E-state index in [4.69, 9.17) is 19.9 Å². The van der Waals surface area contributed by atoms with Gasteiger partial charge in [0.25, 0.3) is 0 Å². The van der Waals surface area contributed by atoms with Gasteiger partial charge in [-0.3, -0.25) is 4.90 Å². The summed E-state index contributed by atoms with van der Waals surface area (Å²) in [5.74, 6) is -0.797. The minimum Gasteiger partial charge on any atom is -0.444 e. The van der Waals surface area contributed by atoms with Crippen molar-refractivity contribution >= 4 is 11.8 Å². The van der Waals surface area contributed by atoms with Crippen LogP contribution in [-0.2, 0) is 14.2 Å². The van der Waals surface area contributed by atoms with Gasteiger partial charge in [0.15, 0.2) is 5.79 Å². The van der Waals surface area contributed by atoms with Crippen molar-refractivity contribution in [2.24, 2.45) is 0 Å². The molecule has 3 N–H and O–H groups in total. The molecule has 2 aliphatic heterocycles. The number of fused-ring (bicyclic) bond motifs is 1. The Bertz CT molecular complexity index is 819. The minimum atomic E-state index is -0.843. The van der Waals surface area contributed by atoms with Gasteiger partial charge in [-0.05, 0) is 48.0 Å². The molecule has 28 heavy (non-hydrogen) atoms. The van der Waals surface area contributed by atoms with E-state index in [0.29, 0.717) is 17.7 Å². The summed E-state index contributed by atoms with van der Waals surface area (Å²) < 4.78 is 18.3. The van der Waals surface area contributed by atoms with Crippen LogP contribution in [0.4, 0.5) is 10.5 Å². The second-order valence-corrected chi connectivity index (χ2v) is 9.13. The lowest BCUT2D eigenvalue weighted by Crippen LogP contribution is -2.45. The van der Waals surface area contributed by atoms with E-state index in [1.54, 1.807) is 11.1 Å². The van der Waals surface area contributed by atoms with E-state index in [2.05, 4.69) is 4.98 Å². The first-order chi connectivity index (χ1) is 12.8. The van der Waals surface area contributed by atoms with E-state index in [9.17, 15) is 10.1 Å². The predicted molar refractivity (Wildman–Crippen MR) is 103 cm³/mol. The highest BCUT2D eigenvalue weighted by molar-refractivity contribution is 5.72.